The van der Waals surface area contributed by atoms with Gasteiger partial charge >= 0.3 is 0 Å². The van der Waals surface area contributed by atoms with Crippen LogP contribution < -0.4 is 5.73 Å². The smallest absolute Gasteiger partial charge is 0.00104 e. The zero-order valence-electron chi connectivity index (χ0n) is 12.6. The van der Waals surface area contributed by atoms with Crippen LogP contribution in [-0.4, -0.2) is 56.6 Å². The van der Waals surface area contributed by atoms with Gasteiger partial charge in [-0.1, -0.05) is 13.3 Å². The minimum atomic E-state index is 0.361. The maximum Gasteiger partial charge on any atom is 0.00104 e. The molecule has 0 spiro atoms. The van der Waals surface area contributed by atoms with Gasteiger partial charge in [-0.05, 0) is 66.3 Å². The average molecular weight is 243 g/mol. The number of hydrogen-bond donors (Lipinski definition) is 1. The summed E-state index contributed by atoms with van der Waals surface area (Å²) in [5.41, 5.74) is 5.76. The van der Waals surface area contributed by atoms with Crippen molar-refractivity contribution in [1.29, 1.82) is 0 Å². The van der Waals surface area contributed by atoms with Crippen LogP contribution in [0.15, 0.2) is 0 Å². The van der Waals surface area contributed by atoms with Crippen LogP contribution in [0.5, 0.6) is 0 Å². The molecule has 0 bridgehead atoms. The summed E-state index contributed by atoms with van der Waals surface area (Å²) < 4.78 is 0. The van der Waals surface area contributed by atoms with Gasteiger partial charge in [-0.3, -0.25) is 0 Å². The molecule has 2 atom stereocenters. The molecule has 0 amide bonds. The van der Waals surface area contributed by atoms with Gasteiger partial charge in [-0.2, -0.15) is 0 Å². The lowest BCUT2D eigenvalue weighted by Crippen LogP contribution is -2.28. The number of nitrogens with zero attached hydrogens (tertiary/aromatic N) is 2. The van der Waals surface area contributed by atoms with E-state index in [1.54, 1.807) is 0 Å². The number of hydrogen-bond acceptors (Lipinski definition) is 3. The third-order valence-electron chi connectivity index (χ3n) is 3.12. The van der Waals surface area contributed by atoms with Crippen molar-refractivity contribution < 1.29 is 0 Å². The van der Waals surface area contributed by atoms with Gasteiger partial charge in [0.05, 0.1) is 0 Å². The van der Waals surface area contributed by atoms with E-state index in [4.69, 9.17) is 5.73 Å². The van der Waals surface area contributed by atoms with E-state index in [1.807, 2.05) is 0 Å². The highest BCUT2D eigenvalue weighted by Gasteiger charge is 2.07. The molecule has 0 aromatic carbocycles. The molecule has 0 aromatic rings. The average Bonchev–Trinajstić information content (AvgIpc) is 2.15. The molecule has 2 N–H and O–H groups in total. The van der Waals surface area contributed by atoms with Crippen LogP contribution >= 0.6 is 0 Å². The summed E-state index contributed by atoms with van der Waals surface area (Å²) >= 11 is 0. The van der Waals surface area contributed by atoms with Gasteiger partial charge in [0.1, 0.15) is 0 Å². The highest BCUT2D eigenvalue weighted by atomic mass is 15.1. The predicted molar refractivity (Wildman–Crippen MR) is 77.3 cm³/mol. The van der Waals surface area contributed by atoms with Crippen molar-refractivity contribution in [2.24, 2.45) is 11.7 Å². The molecule has 0 heterocycles. The lowest BCUT2D eigenvalue weighted by Gasteiger charge is -2.22. The van der Waals surface area contributed by atoms with Crippen LogP contribution in [0.1, 0.15) is 39.5 Å². The van der Waals surface area contributed by atoms with E-state index in [-0.39, 0.29) is 0 Å². The Hall–Kier alpha value is -0.120. The van der Waals surface area contributed by atoms with Crippen molar-refractivity contribution in [3.05, 3.63) is 0 Å². The minimum absolute atomic E-state index is 0.361. The van der Waals surface area contributed by atoms with Crippen molar-refractivity contribution in [2.45, 2.75) is 45.6 Å². The first kappa shape index (κ1) is 16.9. The Labute approximate surface area is 108 Å². The maximum absolute atomic E-state index is 5.76. The first-order chi connectivity index (χ1) is 7.91. The highest BCUT2D eigenvalue weighted by molar-refractivity contribution is 4.62. The van der Waals surface area contributed by atoms with Gasteiger partial charge in [0, 0.05) is 12.6 Å². The Morgan fingerprint density at radius 2 is 1.59 bits per heavy atom. The Kier molecular flexibility index (Phi) is 9.79. The molecule has 0 saturated carbocycles. The van der Waals surface area contributed by atoms with Gasteiger partial charge in [-0.15, -0.1) is 0 Å². The summed E-state index contributed by atoms with van der Waals surface area (Å²) in [4.78, 5) is 4.71. The van der Waals surface area contributed by atoms with E-state index < -0.39 is 0 Å². The molecular weight excluding hydrogens is 210 g/mol. The summed E-state index contributed by atoms with van der Waals surface area (Å²) in [6.07, 6.45) is 4.99. The summed E-state index contributed by atoms with van der Waals surface area (Å²) in [7, 11) is 6.50. The SMILES string of the molecule is CC(N)CCCC(C)CN(C)CCCN(C)C. The Balaban J connectivity index is 3.48. The molecule has 0 rings (SSSR count). The molecule has 104 valence electrons. The third-order valence-corrected chi connectivity index (χ3v) is 3.12. The Morgan fingerprint density at radius 1 is 0.941 bits per heavy atom. The molecular formula is C14H33N3. The van der Waals surface area contributed by atoms with E-state index >= 15 is 0 Å². The van der Waals surface area contributed by atoms with Crippen molar-refractivity contribution in [3.8, 4) is 0 Å². The number of rotatable bonds is 10. The molecule has 0 fully saturated rings. The largest absolute Gasteiger partial charge is 0.328 e. The maximum atomic E-state index is 5.76. The fraction of sp³-hybridized carbons (Fsp3) is 1.00. The first-order valence-corrected chi connectivity index (χ1v) is 7.00. The van der Waals surface area contributed by atoms with Crippen LogP contribution in [0.2, 0.25) is 0 Å². The van der Waals surface area contributed by atoms with Gasteiger partial charge in [0.25, 0.3) is 0 Å². The molecule has 17 heavy (non-hydrogen) atoms. The van der Waals surface area contributed by atoms with Gasteiger partial charge < -0.3 is 15.5 Å². The minimum Gasteiger partial charge on any atom is -0.328 e. The van der Waals surface area contributed by atoms with Crippen molar-refractivity contribution >= 4 is 0 Å². The fourth-order valence-corrected chi connectivity index (χ4v) is 2.16. The van der Waals surface area contributed by atoms with Crippen molar-refractivity contribution in [3.63, 3.8) is 0 Å². The first-order valence-electron chi connectivity index (χ1n) is 7.00. The van der Waals surface area contributed by atoms with Crippen LogP contribution in [0.3, 0.4) is 0 Å². The van der Waals surface area contributed by atoms with Crippen LogP contribution in [0.25, 0.3) is 0 Å². The molecule has 0 aliphatic rings. The zero-order chi connectivity index (χ0) is 13.3. The molecule has 0 aliphatic carbocycles. The Bertz CT molecular complexity index is 151. The van der Waals surface area contributed by atoms with Crippen LogP contribution in [0.4, 0.5) is 0 Å². The highest BCUT2D eigenvalue weighted by Crippen LogP contribution is 2.10. The van der Waals surface area contributed by atoms with Gasteiger partial charge in [-0.25, -0.2) is 0 Å². The second kappa shape index (κ2) is 9.86. The quantitative estimate of drug-likeness (QED) is 0.637. The second-order valence-electron chi connectivity index (χ2n) is 5.93. The monoisotopic (exact) mass is 243 g/mol. The van der Waals surface area contributed by atoms with Crippen molar-refractivity contribution in [1.82, 2.24) is 9.80 Å². The predicted octanol–water partition coefficient (Wildman–Crippen LogP) is 2.02. The molecule has 0 aliphatic heterocycles. The number of nitrogens with two attached hydrogens (primary N) is 1. The molecule has 3 heteroatoms. The fourth-order valence-electron chi connectivity index (χ4n) is 2.16. The summed E-state index contributed by atoms with van der Waals surface area (Å²) in [6, 6.07) is 0.361. The van der Waals surface area contributed by atoms with E-state index in [0.29, 0.717) is 6.04 Å². The van der Waals surface area contributed by atoms with Crippen molar-refractivity contribution in [2.75, 3.05) is 40.8 Å². The van der Waals surface area contributed by atoms with E-state index in [2.05, 4.69) is 44.8 Å². The second-order valence-corrected chi connectivity index (χ2v) is 5.93. The van der Waals surface area contributed by atoms with E-state index in [0.717, 1.165) is 12.3 Å². The van der Waals surface area contributed by atoms with Crippen LogP contribution in [-0.2, 0) is 0 Å². The molecule has 0 aromatic heterocycles. The normalized spacial score (nSPS) is 15.5. The van der Waals surface area contributed by atoms with E-state index in [1.165, 1.54) is 38.9 Å². The van der Waals surface area contributed by atoms with E-state index in [9.17, 15) is 0 Å². The summed E-state index contributed by atoms with van der Waals surface area (Å²) in [5.74, 6) is 0.790. The summed E-state index contributed by atoms with van der Waals surface area (Å²) in [6.45, 7) is 8.05. The third kappa shape index (κ3) is 12.1. The Morgan fingerprint density at radius 3 is 2.12 bits per heavy atom. The standard InChI is InChI=1S/C14H33N3/c1-13(8-6-9-14(2)15)12-17(5)11-7-10-16(3)4/h13-14H,6-12,15H2,1-5H3. The molecule has 0 saturated heterocycles. The summed E-state index contributed by atoms with van der Waals surface area (Å²) in [5, 5.41) is 0. The topological polar surface area (TPSA) is 32.5 Å². The lowest BCUT2D eigenvalue weighted by molar-refractivity contribution is 0.258. The van der Waals surface area contributed by atoms with Gasteiger partial charge in [0.2, 0.25) is 0 Å². The molecule has 2 unspecified atom stereocenters. The molecule has 0 radical (unpaired) electrons. The van der Waals surface area contributed by atoms with Crippen LogP contribution in [0, 0.1) is 5.92 Å². The zero-order valence-corrected chi connectivity index (χ0v) is 12.6. The van der Waals surface area contributed by atoms with Gasteiger partial charge in [0.15, 0.2) is 0 Å². The molecule has 3 nitrogen and oxygen atoms in total. The lowest BCUT2D eigenvalue weighted by atomic mass is 10.0.